The number of nitrogens with zero attached hydrogens (tertiary/aromatic N) is 3. The summed E-state index contributed by atoms with van der Waals surface area (Å²) < 4.78 is 42.4. The molecule has 28 heavy (non-hydrogen) atoms. The molecule has 2 atom stereocenters. The van der Waals surface area contributed by atoms with E-state index in [1.807, 2.05) is 0 Å². The predicted octanol–water partition coefficient (Wildman–Crippen LogP) is 4.38. The van der Waals surface area contributed by atoms with Crippen LogP contribution in [0.1, 0.15) is 38.3 Å². The molecule has 5 nitrogen and oxygen atoms in total. The molecule has 146 valence electrons. The van der Waals surface area contributed by atoms with E-state index in [2.05, 4.69) is 20.2 Å². The third kappa shape index (κ3) is 3.50. The van der Waals surface area contributed by atoms with Gasteiger partial charge in [0.15, 0.2) is 11.5 Å². The van der Waals surface area contributed by atoms with Crippen molar-refractivity contribution < 1.29 is 18.0 Å². The SMILES string of the molecule is CC(=O)[C@@H]1CCC[C@H](Cc2nc(-c3[nH]nc4ncc(F)cc34)c(F)cc2F)C1. The van der Waals surface area contributed by atoms with Gasteiger partial charge >= 0.3 is 0 Å². The number of H-pyrrole nitrogens is 1. The average Bonchev–Trinajstić information content (AvgIpc) is 3.07. The Morgan fingerprint density at radius 1 is 1.21 bits per heavy atom. The number of halogens is 3. The van der Waals surface area contributed by atoms with E-state index in [9.17, 15) is 18.0 Å². The van der Waals surface area contributed by atoms with Gasteiger partial charge in [-0.3, -0.25) is 9.89 Å². The van der Waals surface area contributed by atoms with E-state index < -0.39 is 17.5 Å². The fourth-order valence-electron chi connectivity index (χ4n) is 4.00. The molecular formula is C20H19F3N4O. The summed E-state index contributed by atoms with van der Waals surface area (Å²) in [7, 11) is 0. The van der Waals surface area contributed by atoms with Gasteiger partial charge in [0.2, 0.25) is 0 Å². The first-order valence-corrected chi connectivity index (χ1v) is 9.27. The highest BCUT2D eigenvalue weighted by molar-refractivity contribution is 5.89. The highest BCUT2D eigenvalue weighted by Gasteiger charge is 2.27. The highest BCUT2D eigenvalue weighted by Crippen LogP contribution is 2.33. The number of hydrogen-bond acceptors (Lipinski definition) is 4. The lowest BCUT2D eigenvalue weighted by Gasteiger charge is -2.27. The summed E-state index contributed by atoms with van der Waals surface area (Å²) in [6.07, 6.45) is 4.66. The van der Waals surface area contributed by atoms with Gasteiger partial charge in [-0.05, 0) is 38.2 Å². The van der Waals surface area contributed by atoms with E-state index in [1.54, 1.807) is 6.92 Å². The number of ketones is 1. The van der Waals surface area contributed by atoms with Gasteiger partial charge in [0.05, 0.1) is 23.0 Å². The average molecular weight is 388 g/mol. The Morgan fingerprint density at radius 3 is 2.82 bits per heavy atom. The minimum absolute atomic E-state index is 0.00710. The van der Waals surface area contributed by atoms with Crippen molar-refractivity contribution in [3.05, 3.63) is 41.5 Å². The van der Waals surface area contributed by atoms with Gasteiger partial charge in [-0.2, -0.15) is 5.10 Å². The first-order valence-electron chi connectivity index (χ1n) is 9.27. The minimum Gasteiger partial charge on any atom is -0.300 e. The van der Waals surface area contributed by atoms with E-state index in [1.165, 1.54) is 6.07 Å². The van der Waals surface area contributed by atoms with Crippen molar-refractivity contribution in [2.45, 2.75) is 39.0 Å². The van der Waals surface area contributed by atoms with E-state index in [0.29, 0.717) is 12.8 Å². The maximum Gasteiger partial charge on any atom is 0.181 e. The lowest BCUT2D eigenvalue weighted by Crippen LogP contribution is -2.23. The Hall–Kier alpha value is -2.77. The smallest absolute Gasteiger partial charge is 0.181 e. The fourth-order valence-corrected chi connectivity index (χ4v) is 4.00. The van der Waals surface area contributed by atoms with Crippen LogP contribution in [-0.4, -0.2) is 25.9 Å². The predicted molar refractivity (Wildman–Crippen MR) is 96.8 cm³/mol. The number of hydrogen-bond donors (Lipinski definition) is 1. The zero-order chi connectivity index (χ0) is 19.8. The van der Waals surface area contributed by atoms with Gasteiger partial charge in [0.1, 0.15) is 23.1 Å². The number of pyridine rings is 2. The molecule has 0 bridgehead atoms. The standard InChI is InChI=1S/C20H19F3N4O/c1-10(28)12-4-2-3-11(5-12)6-17-15(22)8-16(23)19(25-17)18-14-7-13(21)9-24-20(14)27-26-18/h7-9,11-12H,2-6H2,1H3,(H,24,26,27)/t11-,12+/m0/s1. The van der Waals surface area contributed by atoms with Gasteiger partial charge < -0.3 is 0 Å². The summed E-state index contributed by atoms with van der Waals surface area (Å²) in [6.45, 7) is 1.58. The first kappa shape index (κ1) is 18.6. The van der Waals surface area contributed by atoms with Crippen LogP contribution in [0.4, 0.5) is 13.2 Å². The molecule has 0 amide bonds. The molecule has 1 aliphatic carbocycles. The molecule has 3 heterocycles. The van der Waals surface area contributed by atoms with Crippen molar-refractivity contribution in [3.63, 3.8) is 0 Å². The van der Waals surface area contributed by atoms with Crippen LogP contribution in [-0.2, 0) is 11.2 Å². The second-order valence-corrected chi connectivity index (χ2v) is 7.41. The molecule has 3 aromatic rings. The van der Waals surface area contributed by atoms with E-state index in [4.69, 9.17) is 0 Å². The Labute approximate surface area is 159 Å². The number of nitrogens with one attached hydrogen (secondary N) is 1. The molecular weight excluding hydrogens is 369 g/mol. The number of carbonyl (C=O) groups is 1. The van der Waals surface area contributed by atoms with E-state index >= 15 is 0 Å². The summed E-state index contributed by atoms with van der Waals surface area (Å²) in [5, 5.41) is 6.83. The third-order valence-electron chi connectivity index (χ3n) is 5.45. The molecule has 0 radical (unpaired) electrons. The maximum absolute atomic E-state index is 14.5. The van der Waals surface area contributed by atoms with Gasteiger partial charge in [-0.1, -0.05) is 12.8 Å². The summed E-state index contributed by atoms with van der Waals surface area (Å²) in [6, 6.07) is 1.98. The van der Waals surface area contributed by atoms with Crippen molar-refractivity contribution >= 4 is 16.8 Å². The van der Waals surface area contributed by atoms with Crippen molar-refractivity contribution in [1.29, 1.82) is 0 Å². The van der Waals surface area contributed by atoms with Crippen LogP contribution in [0, 0.1) is 29.3 Å². The molecule has 1 fully saturated rings. The van der Waals surface area contributed by atoms with Crippen LogP contribution >= 0.6 is 0 Å². The Balaban J connectivity index is 1.68. The van der Waals surface area contributed by atoms with Gasteiger partial charge in [-0.25, -0.2) is 23.1 Å². The summed E-state index contributed by atoms with van der Waals surface area (Å²) >= 11 is 0. The molecule has 4 rings (SSSR count). The van der Waals surface area contributed by atoms with Crippen LogP contribution in [0.25, 0.3) is 22.4 Å². The summed E-state index contributed by atoms with van der Waals surface area (Å²) in [5.74, 6) is -1.92. The number of carbonyl (C=O) groups excluding carboxylic acids is 1. The van der Waals surface area contributed by atoms with Crippen LogP contribution in [0.2, 0.25) is 0 Å². The number of rotatable bonds is 4. The number of fused-ring (bicyclic) bond motifs is 1. The summed E-state index contributed by atoms with van der Waals surface area (Å²) in [5.41, 5.74) is 0.397. The molecule has 0 saturated heterocycles. The normalized spacial score (nSPS) is 19.9. The molecule has 0 unspecified atom stereocenters. The number of Topliss-reactive ketones (excluding diaryl/α,β-unsaturated/α-hetero) is 1. The molecule has 1 aliphatic rings. The second-order valence-electron chi connectivity index (χ2n) is 7.41. The van der Waals surface area contributed by atoms with Crippen LogP contribution in [0.5, 0.6) is 0 Å². The van der Waals surface area contributed by atoms with Gasteiger partial charge in [0, 0.05) is 12.0 Å². The second kappa shape index (κ2) is 7.33. The molecule has 0 aromatic carbocycles. The van der Waals surface area contributed by atoms with Crippen molar-refractivity contribution in [3.8, 4) is 11.4 Å². The van der Waals surface area contributed by atoms with Crippen LogP contribution in [0.15, 0.2) is 18.3 Å². The van der Waals surface area contributed by atoms with Crippen molar-refractivity contribution in [2.24, 2.45) is 11.8 Å². The monoisotopic (exact) mass is 388 g/mol. The van der Waals surface area contributed by atoms with Gasteiger partial charge in [0.25, 0.3) is 0 Å². The van der Waals surface area contributed by atoms with Crippen LogP contribution < -0.4 is 0 Å². The topological polar surface area (TPSA) is 71.5 Å². The number of aromatic amines is 1. The zero-order valence-corrected chi connectivity index (χ0v) is 15.3. The largest absolute Gasteiger partial charge is 0.300 e. The zero-order valence-electron chi connectivity index (χ0n) is 15.3. The lowest BCUT2D eigenvalue weighted by molar-refractivity contribution is -0.122. The Bertz CT molecular complexity index is 1050. The molecule has 0 aliphatic heterocycles. The quantitative estimate of drug-likeness (QED) is 0.720. The molecule has 1 saturated carbocycles. The molecule has 0 spiro atoms. The third-order valence-corrected chi connectivity index (χ3v) is 5.45. The van der Waals surface area contributed by atoms with Gasteiger partial charge in [-0.15, -0.1) is 0 Å². The van der Waals surface area contributed by atoms with Crippen LogP contribution in [0.3, 0.4) is 0 Å². The summed E-state index contributed by atoms with van der Waals surface area (Å²) in [4.78, 5) is 19.7. The van der Waals surface area contributed by atoms with E-state index in [0.717, 1.165) is 31.5 Å². The maximum atomic E-state index is 14.5. The molecule has 3 aromatic heterocycles. The molecule has 1 N–H and O–H groups in total. The van der Waals surface area contributed by atoms with Crippen molar-refractivity contribution in [1.82, 2.24) is 20.2 Å². The lowest BCUT2D eigenvalue weighted by atomic mass is 9.78. The first-order chi connectivity index (χ1) is 13.4. The highest BCUT2D eigenvalue weighted by atomic mass is 19.1. The van der Waals surface area contributed by atoms with Crippen molar-refractivity contribution in [2.75, 3.05) is 0 Å². The Kier molecular flexibility index (Phi) is 4.87. The molecule has 8 heteroatoms. The number of aromatic nitrogens is 4. The van der Waals surface area contributed by atoms with E-state index in [-0.39, 0.29) is 45.7 Å². The Morgan fingerprint density at radius 2 is 2.04 bits per heavy atom. The minimum atomic E-state index is -0.860. The fraction of sp³-hybridized carbons (Fsp3) is 0.400.